The summed E-state index contributed by atoms with van der Waals surface area (Å²) in [6.45, 7) is 0. The molecule has 0 fully saturated rings. The van der Waals surface area contributed by atoms with Crippen LogP contribution in [0.3, 0.4) is 0 Å². The second-order valence-electron chi connectivity index (χ2n) is 2.70. The van der Waals surface area contributed by atoms with Crippen LogP contribution in [0.4, 0.5) is 0 Å². The van der Waals surface area contributed by atoms with E-state index in [2.05, 4.69) is 4.18 Å². The summed E-state index contributed by atoms with van der Waals surface area (Å²) in [6.07, 6.45) is 0.856. The molecule has 0 bridgehead atoms. The SMILES string of the molecule is CS(=O)(=O)Oc1cccc(S(=O)(=O)Cl)c1. The van der Waals surface area contributed by atoms with E-state index in [-0.39, 0.29) is 10.6 Å². The van der Waals surface area contributed by atoms with Crippen molar-refractivity contribution in [2.45, 2.75) is 4.90 Å². The molecule has 1 aromatic carbocycles. The zero-order valence-electron chi connectivity index (χ0n) is 7.55. The van der Waals surface area contributed by atoms with Gasteiger partial charge in [-0.05, 0) is 12.1 Å². The first-order chi connectivity index (χ1) is 6.68. The summed E-state index contributed by atoms with van der Waals surface area (Å²) >= 11 is 0. The predicted octanol–water partition coefficient (Wildman–Crippen LogP) is 0.953. The summed E-state index contributed by atoms with van der Waals surface area (Å²) in [5.74, 6) is -0.0979. The smallest absolute Gasteiger partial charge is 0.306 e. The third-order valence-electron chi connectivity index (χ3n) is 1.33. The molecular weight excluding hydrogens is 264 g/mol. The standard InChI is InChI=1S/C7H7ClO5S2/c1-14(9,10)13-6-3-2-4-7(5-6)15(8,11)12/h2-5H,1H3. The minimum Gasteiger partial charge on any atom is -0.383 e. The van der Waals surface area contributed by atoms with E-state index in [0.717, 1.165) is 12.3 Å². The van der Waals surface area contributed by atoms with Gasteiger partial charge in [0, 0.05) is 16.7 Å². The molecule has 0 aliphatic rings. The summed E-state index contributed by atoms with van der Waals surface area (Å²) in [5.41, 5.74) is 0. The van der Waals surface area contributed by atoms with Gasteiger partial charge in [-0.25, -0.2) is 8.42 Å². The van der Waals surface area contributed by atoms with Crippen molar-refractivity contribution >= 4 is 29.9 Å². The first kappa shape index (κ1) is 12.3. The highest BCUT2D eigenvalue weighted by Gasteiger charge is 2.12. The van der Waals surface area contributed by atoms with Crippen LogP contribution < -0.4 is 4.18 Å². The highest BCUT2D eigenvalue weighted by atomic mass is 35.7. The van der Waals surface area contributed by atoms with Gasteiger partial charge in [0.25, 0.3) is 9.05 Å². The van der Waals surface area contributed by atoms with Crippen LogP contribution in [0.15, 0.2) is 29.2 Å². The Kier molecular flexibility index (Phi) is 3.27. The Morgan fingerprint density at radius 1 is 1.20 bits per heavy atom. The lowest BCUT2D eigenvalue weighted by molar-refractivity contribution is 0.492. The fourth-order valence-electron chi connectivity index (χ4n) is 0.853. The molecule has 0 aromatic heterocycles. The molecule has 0 N–H and O–H groups in total. The molecule has 5 nitrogen and oxygen atoms in total. The van der Waals surface area contributed by atoms with Crippen LogP contribution in [-0.2, 0) is 19.2 Å². The van der Waals surface area contributed by atoms with Crippen molar-refractivity contribution in [3.8, 4) is 5.75 Å². The van der Waals surface area contributed by atoms with Crippen molar-refractivity contribution in [2.24, 2.45) is 0 Å². The van der Waals surface area contributed by atoms with Crippen molar-refractivity contribution in [2.75, 3.05) is 6.26 Å². The van der Waals surface area contributed by atoms with Crippen LogP contribution in [0.5, 0.6) is 5.75 Å². The van der Waals surface area contributed by atoms with Gasteiger partial charge in [0.15, 0.2) is 0 Å². The van der Waals surface area contributed by atoms with Gasteiger partial charge in [0.1, 0.15) is 5.75 Å². The summed E-state index contributed by atoms with van der Waals surface area (Å²) < 4.78 is 47.8. The highest BCUT2D eigenvalue weighted by Crippen LogP contribution is 2.21. The largest absolute Gasteiger partial charge is 0.383 e. The first-order valence-electron chi connectivity index (χ1n) is 3.63. The van der Waals surface area contributed by atoms with E-state index >= 15 is 0 Å². The maximum absolute atomic E-state index is 10.9. The van der Waals surface area contributed by atoms with Crippen molar-refractivity contribution in [1.29, 1.82) is 0 Å². The average Bonchev–Trinajstić information content (AvgIpc) is 1.99. The lowest BCUT2D eigenvalue weighted by Gasteiger charge is -2.03. The average molecular weight is 271 g/mol. The van der Waals surface area contributed by atoms with E-state index in [0.29, 0.717) is 0 Å². The van der Waals surface area contributed by atoms with E-state index < -0.39 is 19.2 Å². The molecule has 0 amide bonds. The van der Waals surface area contributed by atoms with Crippen LogP contribution in [0.2, 0.25) is 0 Å². The lowest BCUT2D eigenvalue weighted by atomic mass is 10.3. The number of hydrogen-bond donors (Lipinski definition) is 0. The summed E-state index contributed by atoms with van der Waals surface area (Å²) in [5, 5.41) is 0. The highest BCUT2D eigenvalue weighted by molar-refractivity contribution is 8.13. The Morgan fingerprint density at radius 2 is 1.80 bits per heavy atom. The molecule has 0 radical (unpaired) electrons. The van der Waals surface area contributed by atoms with Crippen LogP contribution >= 0.6 is 10.7 Å². The molecule has 8 heteroatoms. The van der Waals surface area contributed by atoms with Gasteiger partial charge in [-0.2, -0.15) is 8.42 Å². The summed E-state index contributed by atoms with van der Waals surface area (Å²) in [7, 11) is -2.49. The van der Waals surface area contributed by atoms with Crippen LogP contribution in [0.25, 0.3) is 0 Å². The molecule has 1 aromatic rings. The zero-order chi connectivity index (χ0) is 11.7. The van der Waals surface area contributed by atoms with Crippen molar-refractivity contribution in [3.05, 3.63) is 24.3 Å². The van der Waals surface area contributed by atoms with Gasteiger partial charge >= 0.3 is 10.1 Å². The number of halogens is 1. The third-order valence-corrected chi connectivity index (χ3v) is 3.18. The molecule has 84 valence electrons. The Morgan fingerprint density at radius 3 is 2.27 bits per heavy atom. The van der Waals surface area contributed by atoms with Gasteiger partial charge in [0.2, 0.25) is 0 Å². The van der Waals surface area contributed by atoms with Gasteiger partial charge < -0.3 is 4.18 Å². The normalized spacial score (nSPS) is 12.4. The molecule has 0 saturated heterocycles. The van der Waals surface area contributed by atoms with Crippen molar-refractivity contribution in [3.63, 3.8) is 0 Å². The minimum atomic E-state index is -3.88. The van der Waals surface area contributed by atoms with E-state index in [1.807, 2.05) is 0 Å². The fourth-order valence-corrected chi connectivity index (χ4v) is 2.09. The van der Waals surface area contributed by atoms with Crippen molar-refractivity contribution < 1.29 is 21.0 Å². The van der Waals surface area contributed by atoms with Gasteiger partial charge in [-0.1, -0.05) is 6.07 Å². The fraction of sp³-hybridized carbons (Fsp3) is 0.143. The van der Waals surface area contributed by atoms with Crippen LogP contribution in [0.1, 0.15) is 0 Å². The maximum Gasteiger partial charge on any atom is 0.306 e. The maximum atomic E-state index is 10.9. The second-order valence-corrected chi connectivity index (χ2v) is 6.84. The molecule has 0 unspecified atom stereocenters. The van der Waals surface area contributed by atoms with Crippen molar-refractivity contribution in [1.82, 2.24) is 0 Å². The Balaban J connectivity index is 3.15. The lowest BCUT2D eigenvalue weighted by Crippen LogP contribution is -2.06. The summed E-state index contributed by atoms with van der Waals surface area (Å²) in [4.78, 5) is -0.217. The Hall–Kier alpha value is -0.790. The zero-order valence-corrected chi connectivity index (χ0v) is 9.93. The molecule has 0 aliphatic carbocycles. The third kappa shape index (κ3) is 4.06. The predicted molar refractivity (Wildman–Crippen MR) is 55.0 cm³/mol. The molecule has 0 atom stereocenters. The van der Waals surface area contributed by atoms with Crippen LogP contribution in [-0.4, -0.2) is 23.1 Å². The number of hydrogen-bond acceptors (Lipinski definition) is 5. The van der Waals surface area contributed by atoms with E-state index in [4.69, 9.17) is 10.7 Å². The van der Waals surface area contributed by atoms with E-state index in [9.17, 15) is 16.8 Å². The molecule has 0 saturated carbocycles. The van der Waals surface area contributed by atoms with E-state index in [1.54, 1.807) is 0 Å². The first-order valence-corrected chi connectivity index (χ1v) is 7.75. The topological polar surface area (TPSA) is 77.5 Å². The van der Waals surface area contributed by atoms with Crippen LogP contribution in [0, 0.1) is 0 Å². The summed E-state index contributed by atoms with van der Waals surface area (Å²) in [6, 6.07) is 4.91. The molecule has 0 spiro atoms. The van der Waals surface area contributed by atoms with E-state index in [1.165, 1.54) is 18.2 Å². The molecule has 1 rings (SSSR count). The quantitative estimate of drug-likeness (QED) is 0.604. The Labute approximate surface area is 92.2 Å². The number of benzene rings is 1. The molecule has 15 heavy (non-hydrogen) atoms. The molecule has 0 heterocycles. The molecular formula is C7H7ClO5S2. The minimum absolute atomic E-state index is 0.0979. The Bertz CT molecular complexity index is 561. The number of rotatable bonds is 3. The monoisotopic (exact) mass is 270 g/mol. The van der Waals surface area contributed by atoms with Gasteiger partial charge in [-0.15, -0.1) is 0 Å². The van der Waals surface area contributed by atoms with Gasteiger partial charge in [-0.3, -0.25) is 0 Å². The second kappa shape index (κ2) is 3.99. The van der Waals surface area contributed by atoms with Gasteiger partial charge in [0.05, 0.1) is 11.2 Å². The molecule has 0 aliphatic heterocycles.